The van der Waals surface area contributed by atoms with Crippen LogP contribution < -0.4 is 0 Å². The zero-order valence-electron chi connectivity index (χ0n) is 18.8. The quantitative estimate of drug-likeness (QED) is 0.590. The molecule has 0 saturated carbocycles. The van der Waals surface area contributed by atoms with Crippen molar-refractivity contribution >= 4 is 22.6 Å². The topological polar surface area (TPSA) is 68.9 Å². The van der Waals surface area contributed by atoms with Gasteiger partial charge in [-0.2, -0.15) is 0 Å². The van der Waals surface area contributed by atoms with E-state index < -0.39 is 0 Å². The van der Waals surface area contributed by atoms with E-state index in [4.69, 9.17) is 4.74 Å². The van der Waals surface area contributed by atoms with Crippen LogP contribution in [0.3, 0.4) is 0 Å². The van der Waals surface area contributed by atoms with E-state index in [1.165, 1.54) is 0 Å². The van der Waals surface area contributed by atoms with E-state index in [0.717, 1.165) is 48.2 Å². The van der Waals surface area contributed by atoms with E-state index >= 15 is 0 Å². The second-order valence-corrected chi connectivity index (χ2v) is 8.73. The van der Waals surface area contributed by atoms with Crippen LogP contribution in [0.1, 0.15) is 22.0 Å². The molecule has 1 unspecified atom stereocenters. The number of hydrogen-bond acceptors (Lipinski definition) is 5. The van der Waals surface area contributed by atoms with Gasteiger partial charge in [-0.25, -0.2) is 0 Å². The van der Waals surface area contributed by atoms with Gasteiger partial charge in [-0.3, -0.25) is 19.4 Å². The summed E-state index contributed by atoms with van der Waals surface area (Å²) in [6.45, 7) is 6.03. The normalized spacial score (nSPS) is 19.0. The number of aromatic nitrogens is 1. The fourth-order valence-corrected chi connectivity index (χ4v) is 4.87. The van der Waals surface area contributed by atoms with E-state index in [1.54, 1.807) is 0 Å². The molecule has 1 amide bonds. The van der Waals surface area contributed by atoms with E-state index in [0.29, 0.717) is 32.8 Å². The van der Waals surface area contributed by atoms with Crippen molar-refractivity contribution < 1.29 is 14.3 Å². The van der Waals surface area contributed by atoms with Crippen LogP contribution in [0.5, 0.6) is 0 Å². The van der Waals surface area contributed by atoms with Crippen LogP contribution in [0.25, 0.3) is 10.9 Å². The highest BCUT2D eigenvalue weighted by Gasteiger charge is 2.33. The zero-order chi connectivity index (χ0) is 22.6. The molecule has 3 aromatic rings. The van der Waals surface area contributed by atoms with Crippen LogP contribution in [0.4, 0.5) is 0 Å². The number of H-pyrrole nitrogens is 1. The summed E-state index contributed by atoms with van der Waals surface area (Å²) in [5.74, 6) is 0.276. The van der Waals surface area contributed by atoms with Gasteiger partial charge >= 0.3 is 0 Å². The highest BCUT2D eigenvalue weighted by molar-refractivity contribution is 6.10. The van der Waals surface area contributed by atoms with Gasteiger partial charge < -0.3 is 14.6 Å². The first-order valence-electron chi connectivity index (χ1n) is 11.7. The van der Waals surface area contributed by atoms with Crippen molar-refractivity contribution in [3.8, 4) is 0 Å². The lowest BCUT2D eigenvalue weighted by Gasteiger charge is -2.39. The van der Waals surface area contributed by atoms with Gasteiger partial charge in [0, 0.05) is 61.9 Å². The lowest BCUT2D eigenvalue weighted by molar-refractivity contribution is -0.137. The van der Waals surface area contributed by atoms with E-state index in [1.807, 2.05) is 65.7 Å². The second kappa shape index (κ2) is 9.87. The number of rotatable bonds is 6. The number of nitrogens with one attached hydrogen (secondary N) is 1. The number of piperazine rings is 1. The molecule has 3 heterocycles. The molecule has 7 heteroatoms. The first-order chi connectivity index (χ1) is 16.2. The molecule has 0 aliphatic carbocycles. The van der Waals surface area contributed by atoms with Gasteiger partial charge in [-0.1, -0.05) is 48.5 Å². The van der Waals surface area contributed by atoms with Gasteiger partial charge in [0.15, 0.2) is 5.78 Å². The van der Waals surface area contributed by atoms with Crippen molar-refractivity contribution in [1.82, 2.24) is 19.7 Å². The number of carbonyl (C=O) groups excluding carboxylic acids is 2. The van der Waals surface area contributed by atoms with E-state index in [-0.39, 0.29) is 17.7 Å². The maximum absolute atomic E-state index is 13.8. The van der Waals surface area contributed by atoms with Gasteiger partial charge in [0.2, 0.25) is 5.91 Å². The predicted molar refractivity (Wildman–Crippen MR) is 127 cm³/mol. The van der Waals surface area contributed by atoms with Crippen LogP contribution in [-0.2, 0) is 9.53 Å². The van der Waals surface area contributed by atoms with Crippen molar-refractivity contribution in [2.75, 3.05) is 59.0 Å². The molecule has 7 nitrogen and oxygen atoms in total. The van der Waals surface area contributed by atoms with Crippen LogP contribution in [0.15, 0.2) is 60.8 Å². The molecule has 33 heavy (non-hydrogen) atoms. The first kappa shape index (κ1) is 21.8. The number of ether oxygens (including phenoxy) is 1. The van der Waals surface area contributed by atoms with Crippen LogP contribution in [0.2, 0.25) is 0 Å². The van der Waals surface area contributed by atoms with E-state index in [2.05, 4.69) is 14.8 Å². The summed E-state index contributed by atoms with van der Waals surface area (Å²) >= 11 is 0. The van der Waals surface area contributed by atoms with Crippen molar-refractivity contribution in [3.05, 3.63) is 71.9 Å². The Morgan fingerprint density at radius 3 is 2.33 bits per heavy atom. The minimum Gasteiger partial charge on any atom is -0.378 e. The Balaban J connectivity index is 1.31. The molecule has 2 aliphatic rings. The SMILES string of the molecule is O=C(c1c[nH]c2ccccc12)C(c1ccccc1)N1CCN(CC(=O)N2CCOCC2)CC1. The summed E-state index contributed by atoms with van der Waals surface area (Å²) < 4.78 is 5.35. The third-order valence-corrected chi connectivity index (χ3v) is 6.71. The fourth-order valence-electron chi connectivity index (χ4n) is 4.87. The summed E-state index contributed by atoms with van der Waals surface area (Å²) in [4.78, 5) is 36.1. The highest BCUT2D eigenvalue weighted by Crippen LogP contribution is 2.29. The zero-order valence-corrected chi connectivity index (χ0v) is 18.8. The number of benzene rings is 2. The minimum absolute atomic E-state index is 0.108. The summed E-state index contributed by atoms with van der Waals surface area (Å²) in [6.07, 6.45) is 1.83. The molecule has 2 fully saturated rings. The van der Waals surface area contributed by atoms with Gasteiger partial charge in [0.05, 0.1) is 25.8 Å². The standard InChI is InChI=1S/C26H30N4O3/c31-24(29-14-16-33-17-15-29)19-28-10-12-30(13-11-28)25(20-6-2-1-3-7-20)26(32)22-18-27-23-9-5-4-8-21(22)23/h1-9,18,25,27H,10-17,19H2. The molecule has 172 valence electrons. The predicted octanol–water partition coefficient (Wildman–Crippen LogP) is 2.57. The Bertz CT molecular complexity index is 1100. The molecule has 1 aromatic heterocycles. The summed E-state index contributed by atoms with van der Waals surface area (Å²) in [7, 11) is 0. The van der Waals surface area contributed by atoms with Crippen molar-refractivity contribution in [2.45, 2.75) is 6.04 Å². The number of hydrogen-bond donors (Lipinski definition) is 1. The molecule has 1 N–H and O–H groups in total. The molecule has 0 bridgehead atoms. The highest BCUT2D eigenvalue weighted by atomic mass is 16.5. The first-order valence-corrected chi connectivity index (χ1v) is 11.7. The monoisotopic (exact) mass is 446 g/mol. The fraction of sp³-hybridized carbons (Fsp3) is 0.385. The number of carbonyl (C=O) groups is 2. The molecule has 1 atom stereocenters. The van der Waals surface area contributed by atoms with Gasteiger partial charge in [-0.05, 0) is 11.6 Å². The minimum atomic E-state index is -0.345. The number of nitrogens with zero attached hydrogens (tertiary/aromatic N) is 3. The van der Waals surface area contributed by atoms with Crippen LogP contribution in [0, 0.1) is 0 Å². The lowest BCUT2D eigenvalue weighted by Crippen LogP contribution is -2.52. The summed E-state index contributed by atoms with van der Waals surface area (Å²) in [5, 5.41) is 0.957. The van der Waals surface area contributed by atoms with Crippen molar-refractivity contribution in [1.29, 1.82) is 0 Å². The Hall–Kier alpha value is -3.00. The number of morpholine rings is 1. The maximum Gasteiger partial charge on any atom is 0.236 e. The Kier molecular flexibility index (Phi) is 6.53. The van der Waals surface area contributed by atoms with Crippen LogP contribution in [-0.4, -0.2) is 90.4 Å². The van der Waals surface area contributed by atoms with Crippen molar-refractivity contribution in [2.24, 2.45) is 0 Å². The van der Waals surface area contributed by atoms with Gasteiger partial charge in [0.25, 0.3) is 0 Å². The largest absolute Gasteiger partial charge is 0.378 e. The van der Waals surface area contributed by atoms with Gasteiger partial charge in [-0.15, -0.1) is 0 Å². The number of aromatic amines is 1. The number of para-hydroxylation sites is 1. The molecule has 0 spiro atoms. The molecule has 2 saturated heterocycles. The van der Waals surface area contributed by atoms with Crippen molar-refractivity contribution in [3.63, 3.8) is 0 Å². The smallest absolute Gasteiger partial charge is 0.236 e. The molecule has 2 aliphatic heterocycles. The number of fused-ring (bicyclic) bond motifs is 1. The number of ketones is 1. The maximum atomic E-state index is 13.8. The molecular weight excluding hydrogens is 416 g/mol. The average Bonchev–Trinajstić information content (AvgIpc) is 3.31. The number of Topliss-reactive ketones (excluding diaryl/α,β-unsaturated/α-hetero) is 1. The Morgan fingerprint density at radius 1 is 0.879 bits per heavy atom. The molecule has 0 radical (unpaired) electrons. The average molecular weight is 447 g/mol. The van der Waals surface area contributed by atoms with E-state index in [9.17, 15) is 9.59 Å². The molecule has 5 rings (SSSR count). The molecule has 2 aromatic carbocycles. The second-order valence-electron chi connectivity index (χ2n) is 8.73. The number of amides is 1. The van der Waals surface area contributed by atoms with Crippen LogP contribution >= 0.6 is 0 Å². The lowest BCUT2D eigenvalue weighted by atomic mass is 9.95. The molecular formula is C26H30N4O3. The third-order valence-electron chi connectivity index (χ3n) is 6.71. The Labute approximate surface area is 193 Å². The Morgan fingerprint density at radius 2 is 1.58 bits per heavy atom. The third kappa shape index (κ3) is 4.71. The summed E-state index contributed by atoms with van der Waals surface area (Å²) in [5.41, 5.74) is 2.70. The summed E-state index contributed by atoms with van der Waals surface area (Å²) in [6, 6.07) is 17.6. The van der Waals surface area contributed by atoms with Gasteiger partial charge in [0.1, 0.15) is 0 Å².